The van der Waals surface area contributed by atoms with Crippen molar-refractivity contribution in [3.8, 4) is 17.8 Å². The van der Waals surface area contributed by atoms with Crippen molar-refractivity contribution >= 4 is 17.4 Å². The number of primary amides is 1. The molecule has 1 aliphatic rings. The number of hydrogen-bond acceptors (Lipinski definition) is 7. The molecule has 0 radical (unpaired) electrons. The molecule has 0 saturated carbocycles. The molecule has 228 valence electrons. The number of nitriles is 2. The summed E-state index contributed by atoms with van der Waals surface area (Å²) in [5, 5.41) is 17.4. The number of nitrogens with two attached hydrogens (primary N) is 1. The number of aliphatic imine (C=N–C) groups is 1. The van der Waals surface area contributed by atoms with Crippen LogP contribution < -0.4 is 16.2 Å². The lowest BCUT2D eigenvalue weighted by molar-refractivity contribution is -0.137. The van der Waals surface area contributed by atoms with Gasteiger partial charge in [0.05, 0.1) is 40.1 Å². The standard InChI is InChI=1S/C25H21F3N6O2.C7H4FN/c1-14-19(22-32-24(2,3)13-33(22)17-9-7-15(12-29)8-10-17)31-20(21(30)35)23(36)34(14)18-6-4-5-16(11-18)25(26,27)28;8-7-3-1-6(5-9)2-4-7/h4-11H,13H2,1-3H3,(H2,30,35);1-4H. The van der Waals surface area contributed by atoms with Crippen molar-refractivity contribution in [1.29, 1.82) is 10.5 Å². The molecule has 1 aromatic heterocycles. The Hall–Kier alpha value is -5.82. The van der Waals surface area contributed by atoms with Crippen LogP contribution in [0.4, 0.5) is 23.2 Å². The number of nitrogens with zero attached hydrogens (tertiary/aromatic N) is 6. The molecule has 0 aliphatic carbocycles. The second-order valence-electron chi connectivity index (χ2n) is 10.6. The number of amidine groups is 1. The van der Waals surface area contributed by atoms with Crippen LogP contribution in [0.2, 0.25) is 0 Å². The summed E-state index contributed by atoms with van der Waals surface area (Å²) in [5.41, 5.74) is 4.14. The second-order valence-corrected chi connectivity index (χ2v) is 10.6. The fraction of sp³-hybridized carbons (Fsp3) is 0.188. The van der Waals surface area contributed by atoms with Gasteiger partial charge in [0.15, 0.2) is 11.5 Å². The predicted molar refractivity (Wildman–Crippen MR) is 158 cm³/mol. The van der Waals surface area contributed by atoms with Gasteiger partial charge in [-0.1, -0.05) is 6.07 Å². The minimum Gasteiger partial charge on any atom is -0.364 e. The highest BCUT2D eigenvalue weighted by molar-refractivity contribution is 6.11. The molecule has 9 nitrogen and oxygen atoms in total. The maximum absolute atomic E-state index is 13.4. The molecule has 3 aromatic carbocycles. The first-order chi connectivity index (χ1) is 21.1. The zero-order valence-corrected chi connectivity index (χ0v) is 24.2. The summed E-state index contributed by atoms with van der Waals surface area (Å²) in [7, 11) is 0. The van der Waals surface area contributed by atoms with Crippen LogP contribution in [0.15, 0.2) is 82.6 Å². The van der Waals surface area contributed by atoms with Crippen LogP contribution in [0.25, 0.3) is 5.69 Å². The van der Waals surface area contributed by atoms with Crippen LogP contribution in [0, 0.1) is 35.4 Å². The van der Waals surface area contributed by atoms with Crippen molar-refractivity contribution in [3.05, 3.63) is 123 Å². The quantitative estimate of drug-likeness (QED) is 0.310. The number of anilines is 1. The lowest BCUT2D eigenvalue weighted by Gasteiger charge is -2.24. The maximum atomic E-state index is 13.4. The lowest BCUT2D eigenvalue weighted by atomic mass is 10.1. The average molecular weight is 616 g/mol. The van der Waals surface area contributed by atoms with Gasteiger partial charge in [0, 0.05) is 17.9 Å². The maximum Gasteiger partial charge on any atom is 0.416 e. The van der Waals surface area contributed by atoms with Crippen molar-refractivity contribution in [2.45, 2.75) is 32.5 Å². The van der Waals surface area contributed by atoms with Crippen molar-refractivity contribution < 1.29 is 22.4 Å². The molecule has 4 aromatic rings. The summed E-state index contributed by atoms with van der Waals surface area (Å²) < 4.78 is 53.2. The summed E-state index contributed by atoms with van der Waals surface area (Å²) in [6, 6.07) is 20.3. The summed E-state index contributed by atoms with van der Waals surface area (Å²) in [4.78, 5) is 36.1. The lowest BCUT2D eigenvalue weighted by Crippen LogP contribution is -2.38. The molecular formula is C32H25F4N7O2. The van der Waals surface area contributed by atoms with E-state index in [1.807, 2.05) is 30.9 Å². The third-order valence-electron chi connectivity index (χ3n) is 6.67. The molecule has 1 aliphatic heterocycles. The summed E-state index contributed by atoms with van der Waals surface area (Å²) >= 11 is 0. The molecule has 2 N–H and O–H groups in total. The number of hydrogen-bond donors (Lipinski definition) is 1. The molecule has 13 heteroatoms. The minimum absolute atomic E-state index is 0.0961. The number of aromatic nitrogens is 2. The number of carbonyl (C=O) groups is 1. The van der Waals surface area contributed by atoms with Gasteiger partial charge >= 0.3 is 6.18 Å². The van der Waals surface area contributed by atoms with Crippen LogP contribution >= 0.6 is 0 Å². The first kappa shape index (κ1) is 32.1. The molecule has 0 bridgehead atoms. The Morgan fingerprint density at radius 3 is 2.07 bits per heavy atom. The molecule has 2 heterocycles. The smallest absolute Gasteiger partial charge is 0.364 e. The molecule has 0 atom stereocenters. The first-order valence-electron chi connectivity index (χ1n) is 13.3. The Morgan fingerprint density at radius 1 is 0.956 bits per heavy atom. The van der Waals surface area contributed by atoms with Crippen molar-refractivity contribution in [2.24, 2.45) is 10.7 Å². The fourth-order valence-electron chi connectivity index (χ4n) is 4.59. The zero-order chi connectivity index (χ0) is 33.1. The largest absolute Gasteiger partial charge is 0.416 e. The van der Waals surface area contributed by atoms with E-state index in [9.17, 15) is 27.2 Å². The van der Waals surface area contributed by atoms with Gasteiger partial charge in [-0.2, -0.15) is 23.7 Å². The van der Waals surface area contributed by atoms with E-state index < -0.39 is 34.4 Å². The fourth-order valence-corrected chi connectivity index (χ4v) is 4.59. The summed E-state index contributed by atoms with van der Waals surface area (Å²) in [6.45, 7) is 5.68. The third-order valence-corrected chi connectivity index (χ3v) is 6.67. The average Bonchev–Trinajstić information content (AvgIpc) is 3.32. The van der Waals surface area contributed by atoms with E-state index in [0.717, 1.165) is 16.7 Å². The highest BCUT2D eigenvalue weighted by Gasteiger charge is 2.36. The zero-order valence-electron chi connectivity index (χ0n) is 24.2. The molecule has 5 rings (SSSR count). The Balaban J connectivity index is 0.000000440. The Bertz CT molecular complexity index is 1930. The minimum atomic E-state index is -4.64. The summed E-state index contributed by atoms with van der Waals surface area (Å²) in [6.07, 6.45) is -4.64. The van der Waals surface area contributed by atoms with E-state index in [0.29, 0.717) is 29.2 Å². The molecule has 0 unspecified atom stereocenters. The van der Waals surface area contributed by atoms with Crippen LogP contribution in [-0.2, 0) is 6.18 Å². The van der Waals surface area contributed by atoms with Gasteiger partial charge in [-0.15, -0.1) is 0 Å². The molecule has 1 amide bonds. The van der Waals surface area contributed by atoms with Gasteiger partial charge in [-0.05, 0) is 87.5 Å². The highest BCUT2D eigenvalue weighted by atomic mass is 19.4. The van der Waals surface area contributed by atoms with Gasteiger partial charge in [0.1, 0.15) is 11.5 Å². The van der Waals surface area contributed by atoms with Gasteiger partial charge in [-0.25, -0.2) is 9.37 Å². The van der Waals surface area contributed by atoms with Crippen LogP contribution in [-0.4, -0.2) is 33.4 Å². The van der Waals surface area contributed by atoms with E-state index in [-0.39, 0.29) is 22.9 Å². The van der Waals surface area contributed by atoms with Gasteiger partial charge in [0.25, 0.3) is 11.5 Å². The van der Waals surface area contributed by atoms with Crippen molar-refractivity contribution in [1.82, 2.24) is 9.55 Å². The monoisotopic (exact) mass is 615 g/mol. The Kier molecular flexibility index (Phi) is 8.86. The Labute approximate surface area is 255 Å². The van der Waals surface area contributed by atoms with Gasteiger partial charge in [-0.3, -0.25) is 19.1 Å². The molecule has 0 saturated heterocycles. The van der Waals surface area contributed by atoms with Crippen molar-refractivity contribution in [3.63, 3.8) is 0 Å². The van der Waals surface area contributed by atoms with Crippen LogP contribution in [0.1, 0.15) is 52.4 Å². The number of carbonyl (C=O) groups excluding carboxylic acids is 1. The number of amides is 1. The molecule has 45 heavy (non-hydrogen) atoms. The van der Waals surface area contributed by atoms with Crippen LogP contribution in [0.3, 0.4) is 0 Å². The highest BCUT2D eigenvalue weighted by Crippen LogP contribution is 2.32. The van der Waals surface area contributed by atoms with E-state index in [1.165, 1.54) is 43.3 Å². The van der Waals surface area contributed by atoms with E-state index in [4.69, 9.17) is 21.2 Å². The number of rotatable bonds is 4. The number of alkyl halides is 3. The molecular weight excluding hydrogens is 590 g/mol. The number of halogens is 4. The van der Waals surface area contributed by atoms with Gasteiger partial charge in [0.2, 0.25) is 0 Å². The topological polar surface area (TPSA) is 141 Å². The first-order valence-corrected chi connectivity index (χ1v) is 13.3. The molecule has 0 fully saturated rings. The molecule has 0 spiro atoms. The normalized spacial score (nSPS) is 13.6. The SMILES string of the molecule is Cc1c(C2=NC(C)(C)CN2c2ccc(C#N)cc2)nc(C(N)=O)c(=O)n1-c1cccc(C(F)(F)F)c1.N#Cc1ccc(F)cc1. The predicted octanol–water partition coefficient (Wildman–Crippen LogP) is 5.27. The van der Waals surface area contributed by atoms with E-state index in [2.05, 4.69) is 4.98 Å². The third kappa shape index (κ3) is 7.05. The number of benzene rings is 3. The Morgan fingerprint density at radius 2 is 1.53 bits per heavy atom. The van der Waals surface area contributed by atoms with Crippen molar-refractivity contribution in [2.75, 3.05) is 11.4 Å². The van der Waals surface area contributed by atoms with E-state index >= 15 is 0 Å². The summed E-state index contributed by atoms with van der Waals surface area (Å²) in [5.74, 6) is -1.12. The van der Waals surface area contributed by atoms with Gasteiger partial charge < -0.3 is 10.6 Å². The second kappa shape index (κ2) is 12.4. The van der Waals surface area contributed by atoms with Crippen LogP contribution in [0.5, 0.6) is 0 Å². The van der Waals surface area contributed by atoms with E-state index in [1.54, 1.807) is 24.3 Å².